The van der Waals surface area contributed by atoms with Crippen LogP contribution in [0.15, 0.2) is 66.7 Å². The zero-order chi connectivity index (χ0) is 30.7. The Kier molecular flexibility index (Phi) is 12.0. The lowest BCUT2D eigenvalue weighted by Crippen LogP contribution is -2.34. The van der Waals surface area contributed by atoms with Crippen LogP contribution in [0.1, 0.15) is 72.5 Å². The average Bonchev–Trinajstić information content (AvgIpc) is 3.01. The fourth-order valence-electron chi connectivity index (χ4n) is 5.37. The number of nitriles is 1. The molecule has 1 amide bonds. The van der Waals surface area contributed by atoms with Crippen LogP contribution in [0.3, 0.4) is 0 Å². The van der Waals surface area contributed by atoms with Gasteiger partial charge in [0, 0.05) is 12.1 Å². The van der Waals surface area contributed by atoms with Crippen LogP contribution in [-0.2, 0) is 13.6 Å². The molecule has 0 bridgehead atoms. The summed E-state index contributed by atoms with van der Waals surface area (Å²) in [6, 6.07) is 23.1. The number of carbonyl (C=O) groups is 1. The second kappa shape index (κ2) is 15.8. The van der Waals surface area contributed by atoms with Gasteiger partial charge in [-0.3, -0.25) is 13.8 Å². The number of hydrogen-bond acceptors (Lipinski definition) is 7. The number of phosphoric ester groups is 1. The van der Waals surface area contributed by atoms with Crippen LogP contribution in [0.4, 0.5) is 0 Å². The van der Waals surface area contributed by atoms with Crippen molar-refractivity contribution in [3.05, 3.63) is 89.0 Å². The highest BCUT2D eigenvalue weighted by molar-refractivity contribution is 7.48. The van der Waals surface area contributed by atoms with Crippen molar-refractivity contribution in [2.45, 2.75) is 52.4 Å². The number of phosphoric acid groups is 1. The van der Waals surface area contributed by atoms with E-state index in [2.05, 4.69) is 28.4 Å². The number of piperidine rings is 1. The Morgan fingerprint density at radius 3 is 2.19 bits per heavy atom. The Hall–Kier alpha value is -3.47. The molecule has 8 nitrogen and oxygen atoms in total. The molecule has 0 radical (unpaired) electrons. The SMILES string of the molecule is CCOP(=O)(OCC)Oc1cc(C)ccc1C1CCN(CCCCNC(=O)c2ccc(-c3ccc(C#N)cc3)cc2)CC1. The van der Waals surface area contributed by atoms with Crippen LogP contribution < -0.4 is 9.84 Å². The van der Waals surface area contributed by atoms with Gasteiger partial charge in [0.15, 0.2) is 0 Å². The van der Waals surface area contributed by atoms with Gasteiger partial charge in [-0.25, -0.2) is 4.57 Å². The van der Waals surface area contributed by atoms with E-state index in [0.29, 0.717) is 29.3 Å². The number of aryl methyl sites for hydroxylation is 1. The van der Waals surface area contributed by atoms with Gasteiger partial charge in [0.05, 0.1) is 24.8 Å². The molecular weight excluding hydrogens is 561 g/mol. The highest BCUT2D eigenvalue weighted by Crippen LogP contribution is 2.51. The molecule has 228 valence electrons. The monoisotopic (exact) mass is 603 g/mol. The zero-order valence-electron chi connectivity index (χ0n) is 25.4. The number of benzene rings is 3. The van der Waals surface area contributed by atoms with E-state index in [4.69, 9.17) is 18.8 Å². The Labute approximate surface area is 255 Å². The summed E-state index contributed by atoms with van der Waals surface area (Å²) in [5, 5.41) is 12.0. The summed E-state index contributed by atoms with van der Waals surface area (Å²) >= 11 is 0. The summed E-state index contributed by atoms with van der Waals surface area (Å²) < 4.78 is 29.7. The number of nitrogens with one attached hydrogen (secondary N) is 1. The second-order valence-electron chi connectivity index (χ2n) is 10.8. The molecule has 3 aromatic rings. The summed E-state index contributed by atoms with van der Waals surface area (Å²) in [6.07, 6.45) is 3.90. The number of rotatable bonds is 14. The molecule has 0 aromatic heterocycles. The fourth-order valence-corrected chi connectivity index (χ4v) is 6.58. The van der Waals surface area contributed by atoms with Crippen LogP contribution in [0.2, 0.25) is 0 Å². The second-order valence-corrected chi connectivity index (χ2v) is 12.4. The predicted octanol–water partition coefficient (Wildman–Crippen LogP) is 7.48. The van der Waals surface area contributed by atoms with Gasteiger partial charge >= 0.3 is 7.82 Å². The summed E-state index contributed by atoms with van der Waals surface area (Å²) in [5.41, 5.74) is 5.36. The maximum Gasteiger partial charge on any atom is 0.530 e. The van der Waals surface area contributed by atoms with E-state index in [1.54, 1.807) is 26.0 Å². The third-order valence-corrected chi connectivity index (χ3v) is 9.23. The topological polar surface area (TPSA) is 101 Å². The van der Waals surface area contributed by atoms with Crippen molar-refractivity contribution < 1.29 is 22.9 Å². The molecule has 0 spiro atoms. The average molecular weight is 604 g/mol. The number of hydrogen-bond donors (Lipinski definition) is 1. The van der Waals surface area contributed by atoms with E-state index in [1.807, 2.05) is 49.4 Å². The summed E-state index contributed by atoms with van der Waals surface area (Å²) in [4.78, 5) is 15.1. The first-order valence-electron chi connectivity index (χ1n) is 15.1. The maximum absolute atomic E-state index is 13.1. The minimum atomic E-state index is -3.67. The molecule has 9 heteroatoms. The molecule has 1 N–H and O–H groups in total. The van der Waals surface area contributed by atoms with E-state index in [1.165, 1.54) is 0 Å². The largest absolute Gasteiger partial charge is 0.530 e. The number of likely N-dealkylation sites (tertiary alicyclic amines) is 1. The van der Waals surface area contributed by atoms with E-state index in [9.17, 15) is 9.36 Å². The Bertz CT molecular complexity index is 1420. The van der Waals surface area contributed by atoms with Gasteiger partial charge < -0.3 is 14.7 Å². The highest BCUT2D eigenvalue weighted by Gasteiger charge is 2.31. The smallest absolute Gasteiger partial charge is 0.404 e. The normalized spacial score (nSPS) is 14.3. The maximum atomic E-state index is 13.1. The molecule has 1 heterocycles. The van der Waals surface area contributed by atoms with Crippen molar-refractivity contribution in [1.29, 1.82) is 5.26 Å². The third kappa shape index (κ3) is 9.26. The highest BCUT2D eigenvalue weighted by atomic mass is 31.2. The number of carbonyl (C=O) groups excluding carboxylic acids is 1. The number of unbranched alkanes of at least 4 members (excludes halogenated alkanes) is 1. The van der Waals surface area contributed by atoms with Crippen molar-refractivity contribution in [1.82, 2.24) is 10.2 Å². The molecule has 43 heavy (non-hydrogen) atoms. The minimum Gasteiger partial charge on any atom is -0.404 e. The number of nitrogens with zero attached hydrogens (tertiary/aromatic N) is 2. The summed E-state index contributed by atoms with van der Waals surface area (Å²) in [5.74, 6) is 0.830. The third-order valence-electron chi connectivity index (χ3n) is 7.66. The van der Waals surface area contributed by atoms with Gasteiger partial charge in [-0.15, -0.1) is 0 Å². The Morgan fingerprint density at radius 1 is 0.953 bits per heavy atom. The van der Waals surface area contributed by atoms with E-state index < -0.39 is 7.82 Å². The molecule has 0 unspecified atom stereocenters. The Morgan fingerprint density at radius 2 is 1.58 bits per heavy atom. The summed E-state index contributed by atoms with van der Waals surface area (Å²) in [7, 11) is -3.67. The van der Waals surface area contributed by atoms with Gasteiger partial charge in [0.1, 0.15) is 5.75 Å². The van der Waals surface area contributed by atoms with Gasteiger partial charge in [-0.1, -0.05) is 36.4 Å². The standard InChI is InChI=1S/C34H42N3O5P/c1-4-40-43(39,41-5-2)42-33-24-26(3)8-17-32(33)30-18-22-37(23-19-30)21-7-6-20-36-34(38)31-15-13-29(14-16-31)28-11-9-27(25-35)10-12-28/h8-17,24,30H,4-7,18-23H2,1-3H3,(H,36,38). The van der Waals surface area contributed by atoms with E-state index in [-0.39, 0.29) is 19.1 Å². The van der Waals surface area contributed by atoms with Crippen molar-refractivity contribution in [2.75, 3.05) is 39.4 Å². The quantitative estimate of drug-likeness (QED) is 0.151. The zero-order valence-corrected chi connectivity index (χ0v) is 26.3. The molecule has 3 aromatic carbocycles. The lowest BCUT2D eigenvalue weighted by atomic mass is 9.88. The van der Waals surface area contributed by atoms with Crippen LogP contribution >= 0.6 is 7.82 Å². The molecule has 1 saturated heterocycles. The molecule has 4 rings (SSSR count). The van der Waals surface area contributed by atoms with Crippen molar-refractivity contribution in [3.8, 4) is 22.9 Å². The first-order chi connectivity index (χ1) is 20.8. The van der Waals surface area contributed by atoms with Crippen LogP contribution in [0.5, 0.6) is 5.75 Å². The number of amides is 1. The molecule has 1 fully saturated rings. The van der Waals surface area contributed by atoms with Gasteiger partial charge in [0.25, 0.3) is 5.91 Å². The van der Waals surface area contributed by atoms with Crippen molar-refractivity contribution in [2.24, 2.45) is 0 Å². The van der Waals surface area contributed by atoms with Crippen molar-refractivity contribution >= 4 is 13.7 Å². The summed E-state index contributed by atoms with van der Waals surface area (Å²) in [6.45, 7) is 9.60. The van der Waals surface area contributed by atoms with Crippen LogP contribution in [0, 0.1) is 18.3 Å². The van der Waals surface area contributed by atoms with Crippen LogP contribution in [-0.4, -0.2) is 50.2 Å². The van der Waals surface area contributed by atoms with Gasteiger partial charge in [0.2, 0.25) is 0 Å². The minimum absolute atomic E-state index is 0.0680. The lowest BCUT2D eigenvalue weighted by molar-refractivity contribution is 0.0952. The molecule has 0 atom stereocenters. The first-order valence-corrected chi connectivity index (χ1v) is 16.6. The Balaban J connectivity index is 1.19. The van der Waals surface area contributed by atoms with E-state index >= 15 is 0 Å². The molecule has 1 aliphatic heterocycles. The van der Waals surface area contributed by atoms with Crippen LogP contribution in [0.25, 0.3) is 11.1 Å². The van der Waals surface area contributed by atoms with E-state index in [0.717, 1.165) is 67.6 Å². The predicted molar refractivity (Wildman–Crippen MR) is 169 cm³/mol. The van der Waals surface area contributed by atoms with Gasteiger partial charge in [-0.2, -0.15) is 5.26 Å². The lowest BCUT2D eigenvalue weighted by Gasteiger charge is -2.33. The first kappa shape index (κ1) is 32.4. The molecule has 0 aliphatic carbocycles. The fraction of sp³-hybridized carbons (Fsp3) is 0.412. The molecule has 1 aliphatic rings. The van der Waals surface area contributed by atoms with Crippen molar-refractivity contribution in [3.63, 3.8) is 0 Å². The van der Waals surface area contributed by atoms with Gasteiger partial charge in [-0.05, 0) is 125 Å². The molecule has 0 saturated carbocycles. The molecular formula is C34H42N3O5P.